The van der Waals surface area contributed by atoms with Crippen LogP contribution in [0.1, 0.15) is 47.6 Å². The number of carboxylic acid groups (broad SMARTS) is 1. The summed E-state index contributed by atoms with van der Waals surface area (Å²) in [4.78, 5) is 18.2. The zero-order chi connectivity index (χ0) is 11.9. The van der Waals surface area contributed by atoms with Gasteiger partial charge in [-0.3, -0.25) is 0 Å². The Bertz CT molecular complexity index is 437. The normalized spacial score (nSPS) is 23.5. The van der Waals surface area contributed by atoms with E-state index in [9.17, 15) is 13.6 Å². The van der Waals surface area contributed by atoms with E-state index < -0.39 is 23.7 Å². The zero-order valence-corrected chi connectivity index (χ0v) is 8.52. The molecule has 0 saturated heterocycles. The van der Waals surface area contributed by atoms with E-state index in [1.807, 2.05) is 6.92 Å². The molecule has 1 aromatic rings. The van der Waals surface area contributed by atoms with Crippen LogP contribution in [0.25, 0.3) is 0 Å². The fraction of sp³-hybridized carbons (Fsp3) is 0.500. The number of halogens is 2. The molecule has 1 aliphatic carbocycles. The Kier molecular flexibility index (Phi) is 2.57. The SMILES string of the molecule is CC1CC1c1ncc(C(=O)O)c(C(F)F)n1. The molecule has 1 fully saturated rings. The summed E-state index contributed by atoms with van der Waals surface area (Å²) >= 11 is 0. The predicted octanol–water partition coefficient (Wildman–Crippen LogP) is 2.24. The number of hydrogen-bond acceptors (Lipinski definition) is 3. The molecule has 1 heterocycles. The number of aromatic nitrogens is 2. The van der Waals surface area contributed by atoms with Gasteiger partial charge in [-0.15, -0.1) is 0 Å². The lowest BCUT2D eigenvalue weighted by atomic mass is 10.2. The molecule has 0 bridgehead atoms. The molecule has 1 aromatic heterocycles. The molecule has 1 N–H and O–H groups in total. The highest BCUT2D eigenvalue weighted by atomic mass is 19.3. The third kappa shape index (κ3) is 1.87. The Labute approximate surface area is 90.3 Å². The molecule has 0 spiro atoms. The van der Waals surface area contributed by atoms with Gasteiger partial charge < -0.3 is 5.11 Å². The van der Waals surface area contributed by atoms with Crippen LogP contribution in [-0.2, 0) is 0 Å². The topological polar surface area (TPSA) is 63.1 Å². The molecular weight excluding hydrogens is 218 g/mol. The molecule has 0 aliphatic heterocycles. The smallest absolute Gasteiger partial charge is 0.339 e. The summed E-state index contributed by atoms with van der Waals surface area (Å²) in [5.74, 6) is -0.611. The first-order chi connectivity index (χ1) is 7.50. The van der Waals surface area contributed by atoms with Crippen LogP contribution in [0.4, 0.5) is 8.78 Å². The van der Waals surface area contributed by atoms with Crippen molar-refractivity contribution in [2.24, 2.45) is 5.92 Å². The molecule has 0 amide bonds. The van der Waals surface area contributed by atoms with Crippen LogP contribution in [0.5, 0.6) is 0 Å². The molecule has 0 radical (unpaired) electrons. The highest BCUT2D eigenvalue weighted by Crippen LogP contribution is 2.45. The van der Waals surface area contributed by atoms with Crippen molar-refractivity contribution >= 4 is 5.97 Å². The summed E-state index contributed by atoms with van der Waals surface area (Å²) in [6.07, 6.45) is -1.05. The number of carbonyl (C=O) groups is 1. The van der Waals surface area contributed by atoms with Crippen LogP contribution in [0.3, 0.4) is 0 Å². The molecule has 1 saturated carbocycles. The number of rotatable bonds is 3. The van der Waals surface area contributed by atoms with E-state index in [-0.39, 0.29) is 5.92 Å². The molecule has 2 rings (SSSR count). The van der Waals surface area contributed by atoms with Gasteiger partial charge in [0.15, 0.2) is 0 Å². The zero-order valence-electron chi connectivity index (χ0n) is 8.52. The summed E-state index contributed by atoms with van der Waals surface area (Å²) in [7, 11) is 0. The van der Waals surface area contributed by atoms with Crippen LogP contribution in [-0.4, -0.2) is 21.0 Å². The first-order valence-corrected chi connectivity index (χ1v) is 4.89. The third-order valence-corrected chi connectivity index (χ3v) is 2.72. The number of hydrogen-bond donors (Lipinski definition) is 1. The van der Waals surface area contributed by atoms with Gasteiger partial charge in [0.25, 0.3) is 6.43 Å². The van der Waals surface area contributed by atoms with Gasteiger partial charge in [0.05, 0.1) is 0 Å². The van der Waals surface area contributed by atoms with Gasteiger partial charge in [-0.2, -0.15) is 0 Å². The second kappa shape index (κ2) is 3.77. The highest BCUT2D eigenvalue weighted by Gasteiger charge is 2.37. The van der Waals surface area contributed by atoms with Gasteiger partial charge >= 0.3 is 5.97 Å². The minimum atomic E-state index is -2.89. The summed E-state index contributed by atoms with van der Waals surface area (Å²) in [6.45, 7) is 1.97. The maximum atomic E-state index is 12.6. The summed E-state index contributed by atoms with van der Waals surface area (Å²) < 4.78 is 25.2. The average Bonchev–Trinajstić information content (AvgIpc) is 2.94. The number of alkyl halides is 2. The van der Waals surface area contributed by atoms with E-state index >= 15 is 0 Å². The Balaban J connectivity index is 2.40. The summed E-state index contributed by atoms with van der Waals surface area (Å²) in [5.41, 5.74) is -1.20. The third-order valence-electron chi connectivity index (χ3n) is 2.72. The van der Waals surface area contributed by atoms with Crippen molar-refractivity contribution in [3.63, 3.8) is 0 Å². The Morgan fingerprint density at radius 3 is 2.69 bits per heavy atom. The minimum Gasteiger partial charge on any atom is -0.478 e. The molecule has 16 heavy (non-hydrogen) atoms. The van der Waals surface area contributed by atoms with Crippen molar-refractivity contribution in [1.29, 1.82) is 0 Å². The molecule has 2 atom stereocenters. The highest BCUT2D eigenvalue weighted by molar-refractivity contribution is 5.88. The van der Waals surface area contributed by atoms with Crippen LogP contribution in [0, 0.1) is 5.92 Å². The number of aromatic carboxylic acids is 1. The number of carboxylic acids is 1. The van der Waals surface area contributed by atoms with Crippen molar-refractivity contribution in [3.05, 3.63) is 23.3 Å². The lowest BCUT2D eigenvalue weighted by Gasteiger charge is -2.05. The van der Waals surface area contributed by atoms with Crippen LogP contribution in [0.15, 0.2) is 6.20 Å². The fourth-order valence-electron chi connectivity index (χ4n) is 1.60. The summed E-state index contributed by atoms with van der Waals surface area (Å²) in [6, 6.07) is 0. The molecule has 2 unspecified atom stereocenters. The van der Waals surface area contributed by atoms with Crippen molar-refractivity contribution in [1.82, 2.24) is 9.97 Å². The van der Waals surface area contributed by atoms with Crippen LogP contribution in [0.2, 0.25) is 0 Å². The van der Waals surface area contributed by atoms with Crippen molar-refractivity contribution in [3.8, 4) is 0 Å². The Hall–Kier alpha value is -1.59. The van der Waals surface area contributed by atoms with Crippen molar-refractivity contribution in [2.75, 3.05) is 0 Å². The molecule has 4 nitrogen and oxygen atoms in total. The first-order valence-electron chi connectivity index (χ1n) is 4.89. The van der Waals surface area contributed by atoms with Gasteiger partial charge in [-0.1, -0.05) is 6.92 Å². The first kappa shape index (κ1) is 10.9. The van der Waals surface area contributed by atoms with Gasteiger partial charge in [-0.25, -0.2) is 23.5 Å². The van der Waals surface area contributed by atoms with Crippen molar-refractivity contribution < 1.29 is 18.7 Å². The van der Waals surface area contributed by atoms with E-state index in [1.54, 1.807) is 0 Å². The second-order valence-corrected chi connectivity index (χ2v) is 3.95. The van der Waals surface area contributed by atoms with E-state index in [0.717, 1.165) is 12.6 Å². The second-order valence-electron chi connectivity index (χ2n) is 3.95. The standard InChI is InChI=1S/C10H10F2N2O2/c1-4-2-5(4)9-13-3-6(10(15)16)7(14-9)8(11)12/h3-5,8H,2H2,1H3,(H,15,16). The molecule has 0 aromatic carbocycles. The average molecular weight is 228 g/mol. The monoisotopic (exact) mass is 228 g/mol. The van der Waals surface area contributed by atoms with Gasteiger partial charge in [0.1, 0.15) is 17.1 Å². The Morgan fingerprint density at radius 1 is 1.62 bits per heavy atom. The lowest BCUT2D eigenvalue weighted by molar-refractivity contribution is 0.0681. The number of nitrogens with zero attached hydrogens (tertiary/aromatic N) is 2. The van der Waals surface area contributed by atoms with E-state index in [0.29, 0.717) is 11.7 Å². The van der Waals surface area contributed by atoms with Gasteiger partial charge in [0.2, 0.25) is 0 Å². The predicted molar refractivity (Wildman–Crippen MR) is 50.5 cm³/mol. The fourth-order valence-corrected chi connectivity index (χ4v) is 1.60. The molecular formula is C10H10F2N2O2. The lowest BCUT2D eigenvalue weighted by Crippen LogP contribution is -2.09. The van der Waals surface area contributed by atoms with E-state index in [2.05, 4.69) is 9.97 Å². The maximum Gasteiger partial charge on any atom is 0.339 e. The van der Waals surface area contributed by atoms with Gasteiger partial charge in [-0.05, 0) is 12.3 Å². The van der Waals surface area contributed by atoms with Crippen LogP contribution < -0.4 is 0 Å². The molecule has 6 heteroatoms. The largest absolute Gasteiger partial charge is 0.478 e. The van der Waals surface area contributed by atoms with Crippen LogP contribution >= 0.6 is 0 Å². The molecule has 86 valence electrons. The minimum absolute atomic E-state index is 0.0975. The Morgan fingerprint density at radius 2 is 2.25 bits per heavy atom. The maximum absolute atomic E-state index is 12.6. The summed E-state index contributed by atoms with van der Waals surface area (Å²) in [5, 5.41) is 8.70. The van der Waals surface area contributed by atoms with E-state index in [4.69, 9.17) is 5.11 Å². The van der Waals surface area contributed by atoms with Crippen molar-refractivity contribution in [2.45, 2.75) is 25.7 Å². The molecule has 1 aliphatic rings. The van der Waals surface area contributed by atoms with Gasteiger partial charge in [0, 0.05) is 12.1 Å². The van der Waals surface area contributed by atoms with E-state index in [1.165, 1.54) is 0 Å². The quantitative estimate of drug-likeness (QED) is 0.861.